The molecule has 1 aliphatic heterocycles. The highest BCUT2D eigenvalue weighted by atomic mass is 32.2. The van der Waals surface area contributed by atoms with Crippen LogP contribution in [0, 0.1) is 0 Å². The topological polar surface area (TPSA) is 104 Å². The highest BCUT2D eigenvalue weighted by molar-refractivity contribution is 7.91. The van der Waals surface area contributed by atoms with Crippen LogP contribution in [0.3, 0.4) is 0 Å². The molecule has 0 radical (unpaired) electrons. The minimum Gasteiger partial charge on any atom is -0.372 e. The first-order chi connectivity index (χ1) is 12.8. The van der Waals surface area contributed by atoms with E-state index in [0.717, 1.165) is 35.7 Å². The number of amides is 1. The van der Waals surface area contributed by atoms with Crippen LogP contribution < -0.4 is 14.9 Å². The summed E-state index contributed by atoms with van der Waals surface area (Å²) in [7, 11) is -3.82. The summed E-state index contributed by atoms with van der Waals surface area (Å²) in [5, 5.41) is 9.92. The van der Waals surface area contributed by atoms with Gasteiger partial charge in [-0.3, -0.25) is 4.79 Å². The molecule has 0 spiro atoms. The summed E-state index contributed by atoms with van der Waals surface area (Å²) in [4.78, 5) is 13.4. The number of hydrogen-bond acceptors (Lipinski definition) is 7. The summed E-state index contributed by atoms with van der Waals surface area (Å²) in [6.07, 6.45) is 3.70. The van der Waals surface area contributed by atoms with Gasteiger partial charge in [0, 0.05) is 31.7 Å². The van der Waals surface area contributed by atoms with Crippen LogP contribution >= 0.6 is 11.3 Å². The third kappa shape index (κ3) is 5.02. The van der Waals surface area contributed by atoms with Crippen molar-refractivity contribution in [2.24, 2.45) is 0 Å². The maximum Gasteiger partial charge on any atom is 0.270 e. The van der Waals surface area contributed by atoms with Crippen molar-refractivity contribution in [2.75, 3.05) is 23.3 Å². The third-order valence-electron chi connectivity index (χ3n) is 4.37. The first-order valence-corrected chi connectivity index (χ1v) is 11.1. The molecule has 1 fully saturated rings. The lowest BCUT2D eigenvalue weighted by atomic mass is 10.1. The van der Waals surface area contributed by atoms with Crippen molar-refractivity contribution in [3.8, 4) is 0 Å². The second-order valence-electron chi connectivity index (χ2n) is 6.54. The van der Waals surface area contributed by atoms with E-state index < -0.39 is 16.1 Å². The number of rotatable bonds is 6. The summed E-state index contributed by atoms with van der Waals surface area (Å²) in [5.74, 6) is -0.328. The Morgan fingerprint density at radius 2 is 1.81 bits per heavy atom. The average molecular weight is 410 g/mol. The van der Waals surface area contributed by atoms with Gasteiger partial charge >= 0.3 is 0 Å². The molecule has 10 heteroatoms. The first kappa shape index (κ1) is 19.7. The molecule has 0 aliphatic carbocycles. The third-order valence-corrected chi connectivity index (χ3v) is 7.11. The van der Waals surface area contributed by atoms with E-state index in [0.29, 0.717) is 0 Å². The normalized spacial score (nSPS) is 16.1. The maximum atomic E-state index is 12.5. The van der Waals surface area contributed by atoms with Gasteiger partial charge in [-0.25, -0.2) is 13.1 Å². The van der Waals surface area contributed by atoms with Gasteiger partial charge in [-0.05, 0) is 43.9 Å². The van der Waals surface area contributed by atoms with Gasteiger partial charge < -0.3 is 10.2 Å². The van der Waals surface area contributed by atoms with Gasteiger partial charge in [-0.1, -0.05) is 23.5 Å². The number of nitrogens with one attached hydrogen (secondary N) is 2. The van der Waals surface area contributed by atoms with Crippen molar-refractivity contribution in [2.45, 2.75) is 43.5 Å². The van der Waals surface area contributed by atoms with E-state index in [-0.39, 0.29) is 15.4 Å². The number of sulfonamides is 1. The lowest BCUT2D eigenvalue weighted by molar-refractivity contribution is -0.114. The number of benzene rings is 1. The van der Waals surface area contributed by atoms with E-state index in [1.54, 1.807) is 6.92 Å². The van der Waals surface area contributed by atoms with Gasteiger partial charge in [-0.15, -0.1) is 10.2 Å². The molecule has 146 valence electrons. The van der Waals surface area contributed by atoms with Crippen molar-refractivity contribution in [1.29, 1.82) is 0 Å². The monoisotopic (exact) mass is 409 g/mol. The van der Waals surface area contributed by atoms with Gasteiger partial charge in [0.2, 0.25) is 15.4 Å². The van der Waals surface area contributed by atoms with E-state index in [2.05, 4.69) is 25.1 Å². The number of aromatic nitrogens is 2. The average Bonchev–Trinajstić information content (AvgIpc) is 3.11. The molecule has 1 atom stereocenters. The van der Waals surface area contributed by atoms with Crippen molar-refractivity contribution in [1.82, 2.24) is 14.9 Å². The van der Waals surface area contributed by atoms with Gasteiger partial charge in [0.25, 0.3) is 10.0 Å². The molecule has 2 aromatic rings. The highest BCUT2D eigenvalue weighted by Crippen LogP contribution is 2.25. The zero-order chi connectivity index (χ0) is 19.4. The molecule has 1 aromatic carbocycles. The highest BCUT2D eigenvalue weighted by Gasteiger charge is 2.23. The second-order valence-corrected chi connectivity index (χ2v) is 9.40. The largest absolute Gasteiger partial charge is 0.372 e. The SMILES string of the molecule is CC(=O)Nc1nnc(S(=O)(=O)NC(C)c2ccc(N3CCCCC3)cc2)s1. The smallest absolute Gasteiger partial charge is 0.270 e. The van der Waals surface area contributed by atoms with Crippen molar-refractivity contribution < 1.29 is 13.2 Å². The molecule has 1 aromatic heterocycles. The fourth-order valence-corrected chi connectivity index (χ4v) is 5.19. The molecule has 1 unspecified atom stereocenters. The quantitative estimate of drug-likeness (QED) is 0.711. The summed E-state index contributed by atoms with van der Waals surface area (Å²) in [6, 6.07) is 7.54. The Hall–Kier alpha value is -2.04. The number of piperidine rings is 1. The number of nitrogens with zero attached hydrogens (tertiary/aromatic N) is 3. The first-order valence-electron chi connectivity index (χ1n) is 8.83. The molecule has 1 amide bonds. The van der Waals surface area contributed by atoms with E-state index in [4.69, 9.17) is 0 Å². The zero-order valence-corrected chi connectivity index (χ0v) is 16.9. The summed E-state index contributed by atoms with van der Waals surface area (Å²) in [5.41, 5.74) is 2.03. The molecular formula is C17H23N5O3S2. The van der Waals surface area contributed by atoms with Crippen LogP contribution in [0.4, 0.5) is 10.8 Å². The van der Waals surface area contributed by atoms with Crippen LogP contribution in [0.15, 0.2) is 28.6 Å². The molecule has 1 aliphatic rings. The maximum absolute atomic E-state index is 12.5. The van der Waals surface area contributed by atoms with Crippen molar-refractivity contribution >= 4 is 38.1 Å². The Morgan fingerprint density at radius 3 is 2.44 bits per heavy atom. The summed E-state index contributed by atoms with van der Waals surface area (Å²) < 4.78 is 27.4. The molecule has 2 heterocycles. The van der Waals surface area contributed by atoms with Gasteiger partial charge in [0.05, 0.1) is 0 Å². The van der Waals surface area contributed by atoms with Crippen molar-refractivity contribution in [3.63, 3.8) is 0 Å². The van der Waals surface area contributed by atoms with Gasteiger partial charge in [0.15, 0.2) is 0 Å². The van der Waals surface area contributed by atoms with Crippen LogP contribution in [0.2, 0.25) is 0 Å². The molecule has 0 bridgehead atoms. The van der Waals surface area contributed by atoms with Gasteiger partial charge in [-0.2, -0.15) is 0 Å². The Bertz CT molecular complexity index is 890. The molecule has 3 rings (SSSR count). The number of carbonyl (C=O) groups excluding carboxylic acids is 1. The standard InChI is InChI=1S/C17H23N5O3S2/c1-12(14-6-8-15(9-7-14)22-10-4-3-5-11-22)21-27(24,25)17-20-19-16(26-17)18-13(2)23/h6-9,12,21H,3-5,10-11H2,1-2H3,(H,18,19,23). The van der Waals surface area contributed by atoms with E-state index >= 15 is 0 Å². The van der Waals surface area contributed by atoms with Crippen LogP contribution in [-0.4, -0.2) is 37.6 Å². The predicted octanol–water partition coefficient (Wildman–Crippen LogP) is 2.53. The zero-order valence-electron chi connectivity index (χ0n) is 15.3. The predicted molar refractivity (Wildman–Crippen MR) is 105 cm³/mol. The molecule has 2 N–H and O–H groups in total. The summed E-state index contributed by atoms with van der Waals surface area (Å²) in [6.45, 7) is 5.23. The second kappa shape index (κ2) is 8.32. The minimum atomic E-state index is -3.82. The Labute approximate surface area is 163 Å². The molecule has 0 saturated carbocycles. The van der Waals surface area contributed by atoms with E-state index in [9.17, 15) is 13.2 Å². The van der Waals surface area contributed by atoms with Crippen LogP contribution in [-0.2, 0) is 14.8 Å². The van der Waals surface area contributed by atoms with Crippen LogP contribution in [0.25, 0.3) is 0 Å². The van der Waals surface area contributed by atoms with Gasteiger partial charge in [0.1, 0.15) is 0 Å². The fraction of sp³-hybridized carbons (Fsp3) is 0.471. The molecule has 8 nitrogen and oxygen atoms in total. The lowest BCUT2D eigenvalue weighted by Crippen LogP contribution is -2.29. The summed E-state index contributed by atoms with van der Waals surface area (Å²) >= 11 is 0.815. The lowest BCUT2D eigenvalue weighted by Gasteiger charge is -2.29. The Balaban J connectivity index is 1.67. The number of hydrogen-bond donors (Lipinski definition) is 2. The Kier molecular flexibility index (Phi) is 6.08. The molecule has 27 heavy (non-hydrogen) atoms. The van der Waals surface area contributed by atoms with Crippen LogP contribution in [0.5, 0.6) is 0 Å². The minimum absolute atomic E-state index is 0.154. The molecular weight excluding hydrogens is 386 g/mol. The van der Waals surface area contributed by atoms with Crippen LogP contribution in [0.1, 0.15) is 44.7 Å². The number of anilines is 2. The fourth-order valence-electron chi connectivity index (χ4n) is 3.00. The van der Waals surface area contributed by atoms with E-state index in [1.807, 2.05) is 24.3 Å². The Morgan fingerprint density at radius 1 is 1.15 bits per heavy atom. The van der Waals surface area contributed by atoms with E-state index in [1.165, 1.54) is 26.2 Å². The molecule has 1 saturated heterocycles. The van der Waals surface area contributed by atoms with Crippen molar-refractivity contribution in [3.05, 3.63) is 29.8 Å². The number of carbonyl (C=O) groups is 1.